The van der Waals surface area contributed by atoms with Gasteiger partial charge in [-0.1, -0.05) is 12.2 Å². The van der Waals surface area contributed by atoms with Crippen LogP contribution in [-0.4, -0.2) is 39.8 Å². The van der Waals surface area contributed by atoms with E-state index in [0.717, 1.165) is 6.42 Å². The number of allylic oxidation sites excluding steroid dienone is 2. The van der Waals surface area contributed by atoms with Crippen LogP contribution in [0.15, 0.2) is 12.2 Å². The molecule has 4 fully saturated rings. The van der Waals surface area contributed by atoms with Crippen molar-refractivity contribution in [3.05, 3.63) is 12.2 Å². The number of aliphatic hydroxyl groups excluding tert-OH is 1. The summed E-state index contributed by atoms with van der Waals surface area (Å²) in [6.07, 6.45) is -2.89. The Morgan fingerprint density at radius 2 is 1.67 bits per heavy atom. The second kappa shape index (κ2) is 3.99. The van der Waals surface area contributed by atoms with E-state index in [1.54, 1.807) is 0 Å². The minimum atomic E-state index is -5.68. The fraction of sp³-hybridized carbons (Fsp3) is 0.875. The van der Waals surface area contributed by atoms with Gasteiger partial charge in [-0.05, 0) is 54.8 Å². The highest BCUT2D eigenvalue weighted by atomic mass is 19.4. The van der Waals surface area contributed by atoms with Crippen LogP contribution in [0.4, 0.5) is 22.0 Å². The molecule has 5 aliphatic rings. The maximum Gasteiger partial charge on any atom is 0.449 e. The average Bonchev–Trinajstić information content (AvgIpc) is 3.23. The zero-order valence-corrected chi connectivity index (χ0v) is 12.5. The molecule has 1 saturated heterocycles. The normalized spacial score (nSPS) is 59.7. The summed E-state index contributed by atoms with van der Waals surface area (Å²) in [5.41, 5.74) is -2.02. The number of fused-ring (bicyclic) bond motifs is 10. The number of alkyl halides is 5. The number of aliphatic hydroxyl groups is 2. The van der Waals surface area contributed by atoms with Gasteiger partial charge in [0.1, 0.15) is 5.60 Å². The van der Waals surface area contributed by atoms with Gasteiger partial charge in [-0.3, -0.25) is 0 Å². The van der Waals surface area contributed by atoms with Crippen LogP contribution in [0.5, 0.6) is 0 Å². The van der Waals surface area contributed by atoms with E-state index in [1.807, 2.05) is 6.08 Å². The first-order chi connectivity index (χ1) is 11.0. The van der Waals surface area contributed by atoms with Crippen molar-refractivity contribution >= 4 is 0 Å². The third-order valence-corrected chi connectivity index (χ3v) is 7.34. The Morgan fingerprint density at radius 1 is 1.04 bits per heavy atom. The van der Waals surface area contributed by atoms with Crippen molar-refractivity contribution in [2.75, 3.05) is 0 Å². The standard InChI is InChI=1S/C16H17F5O3/c17-14(18)12(22)13(24-15(14,23)16(19,20)21)5-8-4-9(13)11-7-2-1-6(3-7)10(8)11/h1-2,6-12,22-23H,3-5H2. The lowest BCUT2D eigenvalue weighted by Gasteiger charge is -2.44. The number of rotatable bonds is 0. The average molecular weight is 352 g/mol. The number of ether oxygens (including phenoxy) is 1. The zero-order chi connectivity index (χ0) is 17.3. The van der Waals surface area contributed by atoms with Gasteiger partial charge in [-0.15, -0.1) is 0 Å². The molecule has 9 unspecified atom stereocenters. The lowest BCUT2D eigenvalue weighted by molar-refractivity contribution is -0.417. The Balaban J connectivity index is 1.58. The Hall–Kier alpha value is -0.730. The number of hydrogen-bond donors (Lipinski definition) is 2. The molecule has 9 atom stereocenters. The smallest absolute Gasteiger partial charge is 0.384 e. The van der Waals surface area contributed by atoms with Crippen molar-refractivity contribution in [3.63, 3.8) is 0 Å². The van der Waals surface area contributed by atoms with Gasteiger partial charge in [0, 0.05) is 0 Å². The van der Waals surface area contributed by atoms with Crippen molar-refractivity contribution in [2.24, 2.45) is 35.5 Å². The Morgan fingerprint density at radius 3 is 2.25 bits per heavy atom. The zero-order valence-electron chi connectivity index (χ0n) is 12.5. The third-order valence-electron chi connectivity index (χ3n) is 7.34. The van der Waals surface area contributed by atoms with Crippen LogP contribution in [0.3, 0.4) is 0 Å². The van der Waals surface area contributed by atoms with Crippen LogP contribution < -0.4 is 0 Å². The van der Waals surface area contributed by atoms with Crippen LogP contribution in [0, 0.1) is 35.5 Å². The molecule has 0 aromatic heterocycles. The van der Waals surface area contributed by atoms with E-state index in [-0.39, 0.29) is 30.1 Å². The maximum atomic E-state index is 14.3. The van der Waals surface area contributed by atoms with Gasteiger partial charge < -0.3 is 14.9 Å². The molecular formula is C16H17F5O3. The predicted molar refractivity (Wildman–Crippen MR) is 69.7 cm³/mol. The van der Waals surface area contributed by atoms with Crippen LogP contribution in [0.1, 0.15) is 19.3 Å². The van der Waals surface area contributed by atoms with Gasteiger partial charge in [-0.25, -0.2) is 0 Å². The van der Waals surface area contributed by atoms with Gasteiger partial charge in [-0.2, -0.15) is 22.0 Å². The van der Waals surface area contributed by atoms with Gasteiger partial charge >= 0.3 is 17.9 Å². The Kier molecular flexibility index (Phi) is 2.58. The topological polar surface area (TPSA) is 49.7 Å². The first kappa shape index (κ1) is 15.5. The molecule has 1 aliphatic heterocycles. The van der Waals surface area contributed by atoms with Gasteiger partial charge in [0.2, 0.25) is 0 Å². The molecule has 24 heavy (non-hydrogen) atoms. The molecule has 4 aliphatic carbocycles. The van der Waals surface area contributed by atoms with E-state index < -0.39 is 35.5 Å². The third kappa shape index (κ3) is 1.39. The first-order valence-electron chi connectivity index (χ1n) is 8.26. The van der Waals surface area contributed by atoms with E-state index in [4.69, 9.17) is 4.74 Å². The lowest BCUT2D eigenvalue weighted by atomic mass is 9.65. The highest BCUT2D eigenvalue weighted by Gasteiger charge is 2.86. The molecule has 4 bridgehead atoms. The van der Waals surface area contributed by atoms with E-state index in [2.05, 4.69) is 6.08 Å². The van der Waals surface area contributed by atoms with Crippen LogP contribution in [0.25, 0.3) is 0 Å². The van der Waals surface area contributed by atoms with Gasteiger partial charge in [0.05, 0.1) is 0 Å². The SMILES string of the molecule is OC1C2(CC3CC2C2C4C=CC(C4)C32)OC(O)(C(F)(F)F)C1(F)F. The molecule has 0 amide bonds. The fourth-order valence-corrected chi connectivity index (χ4v) is 6.64. The molecule has 0 radical (unpaired) electrons. The van der Waals surface area contributed by atoms with Gasteiger partial charge in [0.25, 0.3) is 0 Å². The molecule has 0 aromatic carbocycles. The summed E-state index contributed by atoms with van der Waals surface area (Å²) in [7, 11) is 0. The number of hydrogen-bond acceptors (Lipinski definition) is 3. The van der Waals surface area contributed by atoms with Crippen molar-refractivity contribution < 1.29 is 36.9 Å². The highest BCUT2D eigenvalue weighted by molar-refractivity contribution is 5.28. The maximum absolute atomic E-state index is 14.3. The molecule has 1 heterocycles. The van der Waals surface area contributed by atoms with E-state index in [0.29, 0.717) is 12.3 Å². The van der Waals surface area contributed by atoms with Crippen LogP contribution in [0.2, 0.25) is 0 Å². The molecule has 0 aromatic rings. The minimum Gasteiger partial charge on any atom is -0.384 e. The summed E-state index contributed by atoms with van der Waals surface area (Å²) < 4.78 is 72.7. The van der Waals surface area contributed by atoms with Crippen molar-refractivity contribution in [3.8, 4) is 0 Å². The summed E-state index contributed by atoms with van der Waals surface area (Å²) in [5, 5.41) is 19.8. The highest BCUT2D eigenvalue weighted by Crippen LogP contribution is 2.73. The molecule has 5 rings (SSSR count). The van der Waals surface area contributed by atoms with Crippen molar-refractivity contribution in [1.82, 2.24) is 0 Å². The molecule has 8 heteroatoms. The summed E-state index contributed by atoms with van der Waals surface area (Å²) in [4.78, 5) is 0. The summed E-state index contributed by atoms with van der Waals surface area (Å²) in [5.74, 6) is -9.31. The molecule has 3 nitrogen and oxygen atoms in total. The second-order valence-corrected chi connectivity index (χ2v) is 8.13. The molecule has 134 valence electrons. The molecule has 3 saturated carbocycles. The lowest BCUT2D eigenvalue weighted by Crippen LogP contribution is -2.59. The Labute approximate surface area is 134 Å². The van der Waals surface area contributed by atoms with E-state index >= 15 is 0 Å². The predicted octanol–water partition coefficient (Wildman–Crippen LogP) is 2.48. The summed E-state index contributed by atoms with van der Waals surface area (Å²) >= 11 is 0. The van der Waals surface area contributed by atoms with Crippen LogP contribution >= 0.6 is 0 Å². The monoisotopic (exact) mass is 352 g/mol. The number of halogens is 5. The van der Waals surface area contributed by atoms with Crippen molar-refractivity contribution in [2.45, 2.75) is 48.9 Å². The summed E-state index contributed by atoms with van der Waals surface area (Å²) in [6.45, 7) is 0. The minimum absolute atomic E-state index is 0.0408. The molecule has 2 N–H and O–H groups in total. The van der Waals surface area contributed by atoms with E-state index in [1.165, 1.54) is 0 Å². The first-order valence-corrected chi connectivity index (χ1v) is 8.26. The van der Waals surface area contributed by atoms with Crippen LogP contribution in [-0.2, 0) is 4.74 Å². The quantitative estimate of drug-likeness (QED) is 0.400. The fourth-order valence-electron chi connectivity index (χ4n) is 6.64. The van der Waals surface area contributed by atoms with Gasteiger partial charge in [0.15, 0.2) is 6.10 Å². The molecule has 1 spiro atoms. The Bertz CT molecular complexity index is 634. The second-order valence-electron chi connectivity index (χ2n) is 8.13. The van der Waals surface area contributed by atoms with Crippen molar-refractivity contribution in [1.29, 1.82) is 0 Å². The largest absolute Gasteiger partial charge is 0.449 e. The van der Waals surface area contributed by atoms with E-state index in [9.17, 15) is 32.2 Å². The summed E-state index contributed by atoms with van der Waals surface area (Å²) in [6, 6.07) is 0. The molecular weight excluding hydrogens is 335 g/mol.